The maximum atomic E-state index is 12.2. The molecule has 0 radical (unpaired) electrons. The van der Waals surface area contributed by atoms with Crippen molar-refractivity contribution in [3.8, 4) is 11.4 Å². The molecule has 0 unspecified atom stereocenters. The van der Waals surface area contributed by atoms with E-state index in [1.165, 1.54) is 0 Å². The second kappa shape index (κ2) is 3.75. The van der Waals surface area contributed by atoms with E-state index in [1.807, 2.05) is 0 Å². The molecule has 4 nitrogen and oxygen atoms in total. The summed E-state index contributed by atoms with van der Waals surface area (Å²) >= 11 is 0. The molecule has 2 N–H and O–H groups in total. The van der Waals surface area contributed by atoms with Gasteiger partial charge in [-0.15, -0.1) is 0 Å². The molecule has 2 rings (SSSR count). The monoisotopic (exact) mass is 270 g/mol. The van der Waals surface area contributed by atoms with Gasteiger partial charge in [0, 0.05) is 0 Å². The minimum Gasteiger partial charge on any atom is -0.273 e. The van der Waals surface area contributed by atoms with Gasteiger partial charge in [-0.05, 0) is 12.1 Å². The van der Waals surface area contributed by atoms with Gasteiger partial charge in [0.05, 0.1) is 0 Å². The van der Waals surface area contributed by atoms with Crippen LogP contribution in [0.2, 0.25) is 0 Å². The Kier molecular flexibility index (Phi) is 2.60. The third kappa shape index (κ3) is 2.31. The van der Waals surface area contributed by atoms with Crippen molar-refractivity contribution >= 4 is 0 Å². The van der Waals surface area contributed by atoms with Crippen LogP contribution in [0.5, 0.6) is 0 Å². The summed E-state index contributed by atoms with van der Waals surface area (Å²) < 4.78 is 73.4. The highest BCUT2D eigenvalue weighted by atomic mass is 19.4. The average Bonchev–Trinajstić information content (AvgIpc) is 2.84. The van der Waals surface area contributed by atoms with Gasteiger partial charge in [-0.3, -0.25) is 10.2 Å². The quantitative estimate of drug-likeness (QED) is 0.783. The molecule has 0 bridgehead atoms. The number of nitrogens with zero attached hydrogens (tertiary/aromatic N) is 2. The van der Waals surface area contributed by atoms with Crippen molar-refractivity contribution in [1.29, 1.82) is 0 Å². The molecule has 2 aromatic heterocycles. The van der Waals surface area contributed by atoms with Gasteiger partial charge in [0.2, 0.25) is 0 Å². The van der Waals surface area contributed by atoms with Crippen LogP contribution in [0.1, 0.15) is 11.4 Å². The summed E-state index contributed by atoms with van der Waals surface area (Å²) in [5.74, 6) is 0. The summed E-state index contributed by atoms with van der Waals surface area (Å²) in [7, 11) is 0. The van der Waals surface area contributed by atoms with Crippen LogP contribution in [-0.2, 0) is 12.4 Å². The van der Waals surface area contributed by atoms with Crippen molar-refractivity contribution in [2.24, 2.45) is 0 Å². The Morgan fingerprint density at radius 2 is 1.06 bits per heavy atom. The van der Waals surface area contributed by atoms with E-state index in [1.54, 1.807) is 10.2 Å². The van der Waals surface area contributed by atoms with Gasteiger partial charge in [0.25, 0.3) is 0 Å². The molecule has 0 atom stereocenters. The summed E-state index contributed by atoms with van der Waals surface area (Å²) in [4.78, 5) is 0. The highest BCUT2D eigenvalue weighted by Gasteiger charge is 2.35. The van der Waals surface area contributed by atoms with Crippen LogP contribution in [0.25, 0.3) is 11.4 Å². The SMILES string of the molecule is FC(F)(F)c1cc(-c2cc(C(F)(F)F)[nH]n2)n[nH]1. The molecule has 0 aromatic carbocycles. The number of aromatic amines is 2. The summed E-state index contributed by atoms with van der Waals surface area (Å²) in [6.45, 7) is 0. The van der Waals surface area contributed by atoms with Crippen LogP contribution in [-0.4, -0.2) is 20.4 Å². The van der Waals surface area contributed by atoms with Gasteiger partial charge in [-0.2, -0.15) is 36.5 Å². The van der Waals surface area contributed by atoms with Crippen molar-refractivity contribution in [3.05, 3.63) is 23.5 Å². The molecule has 0 spiro atoms. The third-order valence-electron chi connectivity index (χ3n) is 2.03. The second-order valence-electron chi connectivity index (χ2n) is 3.33. The molecule has 0 saturated heterocycles. The lowest BCUT2D eigenvalue weighted by Crippen LogP contribution is -2.04. The average molecular weight is 270 g/mol. The predicted octanol–water partition coefficient (Wildman–Crippen LogP) is 2.84. The number of hydrogen-bond donors (Lipinski definition) is 2. The first-order valence-electron chi connectivity index (χ1n) is 4.43. The fraction of sp³-hybridized carbons (Fsp3) is 0.250. The van der Waals surface area contributed by atoms with Crippen molar-refractivity contribution < 1.29 is 26.3 Å². The molecule has 2 heterocycles. The fourth-order valence-corrected chi connectivity index (χ4v) is 1.20. The lowest BCUT2D eigenvalue weighted by atomic mass is 10.2. The maximum Gasteiger partial charge on any atom is 0.432 e. The number of rotatable bonds is 1. The van der Waals surface area contributed by atoms with Crippen LogP contribution in [0, 0.1) is 0 Å². The number of halogens is 6. The first-order valence-corrected chi connectivity index (χ1v) is 4.43. The molecule has 0 amide bonds. The van der Waals surface area contributed by atoms with E-state index >= 15 is 0 Å². The Bertz CT molecular complexity index is 498. The van der Waals surface area contributed by atoms with E-state index in [4.69, 9.17) is 0 Å². The molecule has 10 heteroatoms. The van der Waals surface area contributed by atoms with E-state index < -0.39 is 23.7 Å². The molecule has 0 fully saturated rings. The summed E-state index contributed by atoms with van der Waals surface area (Å²) in [6.07, 6.45) is -9.29. The molecular formula is C8H4F6N4. The molecule has 0 aliphatic carbocycles. The van der Waals surface area contributed by atoms with Crippen LogP contribution in [0.15, 0.2) is 12.1 Å². The lowest BCUT2D eigenvalue weighted by molar-refractivity contribution is -0.142. The minimum atomic E-state index is -4.64. The van der Waals surface area contributed by atoms with Crippen molar-refractivity contribution in [1.82, 2.24) is 20.4 Å². The van der Waals surface area contributed by atoms with Gasteiger partial charge >= 0.3 is 12.4 Å². The van der Waals surface area contributed by atoms with Gasteiger partial charge < -0.3 is 0 Å². The minimum absolute atomic E-state index is 0.325. The fourth-order valence-electron chi connectivity index (χ4n) is 1.20. The number of hydrogen-bond acceptors (Lipinski definition) is 2. The van der Waals surface area contributed by atoms with Gasteiger partial charge in [0.15, 0.2) is 0 Å². The Hall–Kier alpha value is -2.00. The van der Waals surface area contributed by atoms with Crippen LogP contribution in [0.4, 0.5) is 26.3 Å². The van der Waals surface area contributed by atoms with Crippen LogP contribution in [0.3, 0.4) is 0 Å². The smallest absolute Gasteiger partial charge is 0.273 e. The predicted molar refractivity (Wildman–Crippen MR) is 46.2 cm³/mol. The Morgan fingerprint density at radius 3 is 1.28 bits per heavy atom. The summed E-state index contributed by atoms with van der Waals surface area (Å²) in [5, 5.41) is 9.87. The molecular weight excluding hydrogens is 266 g/mol. The van der Waals surface area contributed by atoms with E-state index in [0.717, 1.165) is 0 Å². The number of alkyl halides is 6. The van der Waals surface area contributed by atoms with Crippen molar-refractivity contribution in [3.63, 3.8) is 0 Å². The number of nitrogens with one attached hydrogen (secondary N) is 2. The normalized spacial score (nSPS) is 13.0. The molecule has 2 aromatic rings. The zero-order valence-corrected chi connectivity index (χ0v) is 8.32. The van der Waals surface area contributed by atoms with E-state index in [-0.39, 0.29) is 11.4 Å². The molecule has 0 saturated carbocycles. The summed E-state index contributed by atoms with van der Waals surface area (Å²) in [6, 6.07) is 1.16. The molecule has 0 aliphatic heterocycles. The highest BCUT2D eigenvalue weighted by molar-refractivity contribution is 5.54. The first kappa shape index (κ1) is 12.5. The number of H-pyrrole nitrogens is 2. The van der Waals surface area contributed by atoms with Gasteiger partial charge in [0.1, 0.15) is 22.8 Å². The van der Waals surface area contributed by atoms with Gasteiger partial charge in [-0.25, -0.2) is 0 Å². The third-order valence-corrected chi connectivity index (χ3v) is 2.03. The van der Waals surface area contributed by atoms with E-state index in [9.17, 15) is 26.3 Å². The van der Waals surface area contributed by atoms with Crippen molar-refractivity contribution in [2.75, 3.05) is 0 Å². The van der Waals surface area contributed by atoms with Crippen LogP contribution < -0.4 is 0 Å². The first-order chi connectivity index (χ1) is 8.18. The zero-order chi connectivity index (χ0) is 13.6. The zero-order valence-electron chi connectivity index (χ0n) is 8.32. The van der Waals surface area contributed by atoms with E-state index in [0.29, 0.717) is 12.1 Å². The molecule has 18 heavy (non-hydrogen) atoms. The van der Waals surface area contributed by atoms with E-state index in [2.05, 4.69) is 10.2 Å². The molecule has 0 aliphatic rings. The Morgan fingerprint density at radius 1 is 0.722 bits per heavy atom. The largest absolute Gasteiger partial charge is 0.432 e. The second-order valence-corrected chi connectivity index (χ2v) is 3.33. The summed E-state index contributed by atoms with van der Waals surface area (Å²) in [5.41, 5.74) is -2.97. The topological polar surface area (TPSA) is 57.4 Å². The van der Waals surface area contributed by atoms with Gasteiger partial charge in [-0.1, -0.05) is 0 Å². The lowest BCUT2D eigenvalue weighted by Gasteiger charge is -1.99. The highest BCUT2D eigenvalue weighted by Crippen LogP contribution is 2.32. The maximum absolute atomic E-state index is 12.2. The molecule has 98 valence electrons. The van der Waals surface area contributed by atoms with Crippen molar-refractivity contribution in [2.45, 2.75) is 12.4 Å². The Balaban J connectivity index is 2.33. The number of aromatic nitrogens is 4. The standard InChI is InChI=1S/C8H4F6N4/c9-7(10,11)5-1-3(15-17-5)4-2-6(18-16-4)8(12,13)14/h1-2H,(H,15,17)(H,16,18). The van der Waals surface area contributed by atoms with Crippen LogP contribution >= 0.6 is 0 Å². The Labute approximate surface area is 95.0 Å².